The van der Waals surface area contributed by atoms with Crippen LogP contribution in [-0.2, 0) is 24.3 Å². The third kappa shape index (κ3) is 3.52. The molecule has 3 rings (SSSR count). The molecule has 142 valence electrons. The van der Waals surface area contributed by atoms with E-state index in [1.54, 1.807) is 6.92 Å². The number of carbonyl (C=O) groups excluding carboxylic acids is 2. The van der Waals surface area contributed by atoms with Gasteiger partial charge in [-0.1, -0.05) is 18.0 Å². The van der Waals surface area contributed by atoms with Gasteiger partial charge in [-0.25, -0.2) is 8.42 Å². The summed E-state index contributed by atoms with van der Waals surface area (Å²) in [5.41, 5.74) is 0. The van der Waals surface area contributed by atoms with E-state index in [0.29, 0.717) is 17.9 Å². The van der Waals surface area contributed by atoms with Crippen LogP contribution in [-0.4, -0.2) is 43.2 Å². The molecule has 1 saturated carbocycles. The predicted molar refractivity (Wildman–Crippen MR) is 96.3 cm³/mol. The fourth-order valence-corrected chi connectivity index (χ4v) is 5.90. The van der Waals surface area contributed by atoms with Crippen LogP contribution in [0.3, 0.4) is 0 Å². The molecule has 3 atom stereocenters. The van der Waals surface area contributed by atoms with Crippen molar-refractivity contribution in [1.29, 1.82) is 0 Å². The summed E-state index contributed by atoms with van der Waals surface area (Å²) in [6.07, 6.45) is 2.71. The zero-order valence-corrected chi connectivity index (χ0v) is 16.1. The van der Waals surface area contributed by atoms with Crippen molar-refractivity contribution in [3.8, 4) is 0 Å². The van der Waals surface area contributed by atoms with Gasteiger partial charge in [0.05, 0.1) is 11.5 Å². The normalized spacial score (nSPS) is 27.0. The van der Waals surface area contributed by atoms with Gasteiger partial charge in [-0.2, -0.15) is 4.31 Å². The molecule has 0 amide bonds. The number of carbonyl (C=O) groups is 2. The van der Waals surface area contributed by atoms with Crippen LogP contribution in [0.25, 0.3) is 0 Å². The second-order valence-corrected chi connectivity index (χ2v) is 8.96. The van der Waals surface area contributed by atoms with Crippen LogP contribution < -0.4 is 0 Å². The zero-order chi connectivity index (χ0) is 18.9. The molecule has 0 N–H and O–H groups in total. The summed E-state index contributed by atoms with van der Waals surface area (Å²) >= 11 is 5.87. The molecule has 0 aromatic heterocycles. The lowest BCUT2D eigenvalue weighted by molar-refractivity contribution is -0.147. The van der Waals surface area contributed by atoms with Crippen LogP contribution >= 0.6 is 11.6 Å². The Morgan fingerprint density at radius 3 is 2.62 bits per heavy atom. The third-order valence-electron chi connectivity index (χ3n) is 5.11. The minimum absolute atomic E-state index is 0.0376. The fourth-order valence-electron chi connectivity index (χ4n) is 3.94. The van der Waals surface area contributed by atoms with Gasteiger partial charge < -0.3 is 4.74 Å². The molecule has 6 nitrogen and oxygen atoms in total. The van der Waals surface area contributed by atoms with Crippen LogP contribution in [0.15, 0.2) is 29.2 Å². The molecule has 1 heterocycles. The van der Waals surface area contributed by atoms with Gasteiger partial charge in [0.15, 0.2) is 0 Å². The van der Waals surface area contributed by atoms with Crippen molar-refractivity contribution >= 4 is 33.4 Å². The van der Waals surface area contributed by atoms with Crippen LogP contribution in [0.1, 0.15) is 39.0 Å². The van der Waals surface area contributed by atoms with Crippen LogP contribution in [0.5, 0.6) is 0 Å². The van der Waals surface area contributed by atoms with Gasteiger partial charge in [0.2, 0.25) is 10.0 Å². The molecule has 2 aliphatic rings. The van der Waals surface area contributed by atoms with E-state index in [4.69, 9.17) is 16.3 Å². The molecular weight excluding hydrogens is 378 g/mol. The highest BCUT2D eigenvalue weighted by Gasteiger charge is 2.53. The first-order chi connectivity index (χ1) is 12.4. The van der Waals surface area contributed by atoms with E-state index in [9.17, 15) is 18.0 Å². The molecule has 1 aromatic carbocycles. The maximum atomic E-state index is 13.3. The molecule has 1 aromatic rings. The van der Waals surface area contributed by atoms with Crippen molar-refractivity contribution in [2.75, 3.05) is 6.61 Å². The molecule has 0 bridgehead atoms. The minimum Gasteiger partial charge on any atom is -0.465 e. The lowest BCUT2D eigenvalue weighted by Gasteiger charge is -2.29. The summed E-state index contributed by atoms with van der Waals surface area (Å²) in [7, 11) is -3.96. The number of nitrogens with zero attached hydrogens (tertiary/aromatic N) is 1. The Hall–Kier alpha value is -1.44. The second kappa shape index (κ2) is 7.66. The highest BCUT2D eigenvalue weighted by molar-refractivity contribution is 7.89. The Bertz CT molecular complexity index is 792. The number of ketones is 1. The Labute approximate surface area is 158 Å². The summed E-state index contributed by atoms with van der Waals surface area (Å²) in [5, 5.41) is 0.426. The first-order valence-corrected chi connectivity index (χ1v) is 10.7. The zero-order valence-electron chi connectivity index (χ0n) is 14.6. The van der Waals surface area contributed by atoms with E-state index in [-0.39, 0.29) is 23.7 Å². The van der Waals surface area contributed by atoms with E-state index in [2.05, 4.69) is 0 Å². The first kappa shape index (κ1) is 19.3. The molecule has 0 spiro atoms. The molecule has 8 heteroatoms. The Morgan fingerprint density at radius 2 is 1.96 bits per heavy atom. The van der Waals surface area contributed by atoms with Gasteiger partial charge in [-0.05, 0) is 50.5 Å². The minimum atomic E-state index is -3.96. The molecule has 26 heavy (non-hydrogen) atoms. The van der Waals surface area contributed by atoms with Gasteiger partial charge in [-0.15, -0.1) is 0 Å². The molecule has 0 radical (unpaired) electrons. The van der Waals surface area contributed by atoms with E-state index in [0.717, 1.165) is 12.8 Å². The van der Waals surface area contributed by atoms with Crippen molar-refractivity contribution in [1.82, 2.24) is 4.31 Å². The summed E-state index contributed by atoms with van der Waals surface area (Å²) in [6.45, 7) is 1.83. The smallest absolute Gasteiger partial charge is 0.324 e. The van der Waals surface area contributed by atoms with E-state index in [1.165, 1.54) is 28.6 Å². The fraction of sp³-hybridized carbons (Fsp3) is 0.556. The number of hydrogen-bond acceptors (Lipinski definition) is 5. The maximum Gasteiger partial charge on any atom is 0.324 e. The number of Topliss-reactive ketones (excluding diaryl/α,β-unsaturated/α-hetero) is 1. The van der Waals surface area contributed by atoms with Crippen molar-refractivity contribution in [3.05, 3.63) is 29.3 Å². The third-order valence-corrected chi connectivity index (χ3v) is 7.31. The summed E-state index contributed by atoms with van der Waals surface area (Å²) in [4.78, 5) is 25.0. The second-order valence-electron chi connectivity index (χ2n) is 6.68. The van der Waals surface area contributed by atoms with Gasteiger partial charge in [0.25, 0.3) is 0 Å². The van der Waals surface area contributed by atoms with Crippen molar-refractivity contribution in [2.24, 2.45) is 5.92 Å². The molecule has 1 aliphatic heterocycles. The number of fused-ring (bicyclic) bond motifs is 1. The number of hydrogen-bond donors (Lipinski definition) is 0. The van der Waals surface area contributed by atoms with Crippen molar-refractivity contribution in [2.45, 2.75) is 56.0 Å². The summed E-state index contributed by atoms with van der Waals surface area (Å²) < 4.78 is 32.9. The summed E-state index contributed by atoms with van der Waals surface area (Å²) in [5.74, 6) is -1.00. The van der Waals surface area contributed by atoms with E-state index < -0.39 is 34.0 Å². The molecule has 1 aliphatic carbocycles. The number of benzene rings is 1. The number of ether oxygens (including phenoxy) is 1. The molecule has 1 saturated heterocycles. The van der Waals surface area contributed by atoms with E-state index in [1.807, 2.05) is 0 Å². The lowest BCUT2D eigenvalue weighted by Crippen LogP contribution is -2.46. The number of esters is 1. The van der Waals surface area contributed by atoms with Gasteiger partial charge in [-0.3, -0.25) is 9.59 Å². The van der Waals surface area contributed by atoms with Gasteiger partial charge in [0, 0.05) is 23.4 Å². The molecular formula is C18H22ClNO5S. The number of halogens is 1. The van der Waals surface area contributed by atoms with Crippen LogP contribution in [0.2, 0.25) is 5.02 Å². The Balaban J connectivity index is 2.04. The van der Waals surface area contributed by atoms with Gasteiger partial charge >= 0.3 is 5.97 Å². The Morgan fingerprint density at radius 1 is 1.27 bits per heavy atom. The van der Waals surface area contributed by atoms with Crippen LogP contribution in [0.4, 0.5) is 0 Å². The molecule has 0 unspecified atom stereocenters. The largest absolute Gasteiger partial charge is 0.465 e. The Kier molecular flexibility index (Phi) is 5.69. The van der Waals surface area contributed by atoms with Crippen LogP contribution in [0, 0.1) is 5.92 Å². The highest BCUT2D eigenvalue weighted by Crippen LogP contribution is 2.41. The summed E-state index contributed by atoms with van der Waals surface area (Å²) in [6, 6.07) is 4.38. The van der Waals surface area contributed by atoms with Crippen molar-refractivity contribution < 1.29 is 22.7 Å². The molecule has 2 fully saturated rings. The standard InChI is InChI=1S/C18H22ClNO5S/c1-2-25-18(22)16-11-14-15(5-3-4-6-17(14)21)20(16)26(23,24)13-9-7-12(19)8-10-13/h7-10,14-16H,2-6,11H2,1H3/t14-,15-,16-/m0/s1. The number of sulfonamides is 1. The topological polar surface area (TPSA) is 80.8 Å². The lowest BCUT2D eigenvalue weighted by atomic mass is 9.93. The van der Waals surface area contributed by atoms with Crippen molar-refractivity contribution in [3.63, 3.8) is 0 Å². The highest BCUT2D eigenvalue weighted by atomic mass is 35.5. The van der Waals surface area contributed by atoms with E-state index >= 15 is 0 Å². The van der Waals surface area contributed by atoms with Gasteiger partial charge in [0.1, 0.15) is 11.8 Å². The average molecular weight is 400 g/mol. The average Bonchev–Trinajstić information content (AvgIpc) is 2.91. The first-order valence-electron chi connectivity index (χ1n) is 8.84. The predicted octanol–water partition coefficient (Wildman–Crippen LogP) is 2.79. The quantitative estimate of drug-likeness (QED) is 0.727. The number of rotatable bonds is 4. The monoisotopic (exact) mass is 399 g/mol. The SMILES string of the molecule is CCOC(=O)[C@@H]1C[C@@H]2C(=O)CCCC[C@@H]2N1S(=O)(=O)c1ccc(Cl)cc1. The maximum absolute atomic E-state index is 13.3.